The second-order valence-electron chi connectivity index (χ2n) is 2.90. The highest BCUT2D eigenvalue weighted by atomic mass is 79.9. The average Bonchev–Trinajstić information content (AvgIpc) is 2.03. The minimum Gasteiger partial charge on any atom is -0.377 e. The molecule has 0 aromatic heterocycles. The van der Waals surface area contributed by atoms with Crippen molar-refractivity contribution in [2.45, 2.75) is 20.0 Å². The summed E-state index contributed by atoms with van der Waals surface area (Å²) in [5.41, 5.74) is 2.46. The zero-order valence-electron chi connectivity index (χ0n) is 7.60. The lowest BCUT2D eigenvalue weighted by Crippen LogP contribution is -1.96. The minimum absolute atomic E-state index is 0.153. The molecule has 0 aliphatic carbocycles. The zero-order valence-corrected chi connectivity index (χ0v) is 9.18. The van der Waals surface area contributed by atoms with Crippen LogP contribution in [0.15, 0.2) is 22.7 Å². The Morgan fingerprint density at radius 3 is 2.58 bits per heavy atom. The lowest BCUT2D eigenvalue weighted by Gasteiger charge is -2.11. The van der Waals surface area contributed by atoms with E-state index in [1.165, 1.54) is 11.1 Å². The van der Waals surface area contributed by atoms with Gasteiger partial charge in [0.25, 0.3) is 0 Å². The standard InChI is InChI=1S/C10H13BrO/c1-7-4-5-9(8(2)12-3)10(11)6-7/h4-6,8H,1-3H3/t8-/m1/s1. The van der Waals surface area contributed by atoms with E-state index < -0.39 is 0 Å². The van der Waals surface area contributed by atoms with Crippen molar-refractivity contribution in [3.05, 3.63) is 33.8 Å². The molecule has 1 aromatic rings. The summed E-state index contributed by atoms with van der Waals surface area (Å²) in [5, 5.41) is 0. The van der Waals surface area contributed by atoms with Crippen LogP contribution in [0.1, 0.15) is 24.2 Å². The summed E-state index contributed by atoms with van der Waals surface area (Å²) in [7, 11) is 1.72. The highest BCUT2D eigenvalue weighted by Gasteiger charge is 2.07. The first kappa shape index (κ1) is 9.75. The summed E-state index contributed by atoms with van der Waals surface area (Å²) in [6.07, 6.45) is 0.153. The van der Waals surface area contributed by atoms with E-state index in [0.717, 1.165) is 4.47 Å². The molecular weight excluding hydrogens is 216 g/mol. The number of hydrogen-bond acceptors (Lipinski definition) is 1. The Labute approximate surface area is 81.9 Å². The Kier molecular flexibility index (Phi) is 3.29. The van der Waals surface area contributed by atoms with Crippen LogP contribution in [-0.2, 0) is 4.74 Å². The third-order valence-electron chi connectivity index (χ3n) is 1.95. The first-order chi connectivity index (χ1) is 5.65. The second kappa shape index (κ2) is 4.06. The van der Waals surface area contributed by atoms with Crippen molar-refractivity contribution in [1.29, 1.82) is 0 Å². The highest BCUT2D eigenvalue weighted by molar-refractivity contribution is 9.10. The van der Waals surface area contributed by atoms with Gasteiger partial charge in [-0.3, -0.25) is 0 Å². The van der Waals surface area contributed by atoms with Crippen molar-refractivity contribution in [3.8, 4) is 0 Å². The van der Waals surface area contributed by atoms with Crippen LogP contribution in [0.3, 0.4) is 0 Å². The van der Waals surface area contributed by atoms with Crippen molar-refractivity contribution >= 4 is 15.9 Å². The Morgan fingerprint density at radius 2 is 2.08 bits per heavy atom. The van der Waals surface area contributed by atoms with Crippen molar-refractivity contribution < 1.29 is 4.74 Å². The van der Waals surface area contributed by atoms with Crippen molar-refractivity contribution in [2.24, 2.45) is 0 Å². The molecule has 0 saturated carbocycles. The van der Waals surface area contributed by atoms with Crippen LogP contribution in [0, 0.1) is 6.92 Å². The van der Waals surface area contributed by atoms with Crippen LogP contribution >= 0.6 is 15.9 Å². The van der Waals surface area contributed by atoms with E-state index >= 15 is 0 Å². The molecule has 0 amide bonds. The first-order valence-electron chi connectivity index (χ1n) is 3.94. The molecule has 1 nitrogen and oxygen atoms in total. The number of ether oxygens (including phenoxy) is 1. The highest BCUT2D eigenvalue weighted by Crippen LogP contribution is 2.25. The van der Waals surface area contributed by atoms with Gasteiger partial charge >= 0.3 is 0 Å². The van der Waals surface area contributed by atoms with E-state index in [1.807, 2.05) is 6.92 Å². The average molecular weight is 229 g/mol. The maximum Gasteiger partial charge on any atom is 0.0803 e. The molecule has 0 aliphatic rings. The number of aryl methyl sites for hydroxylation is 1. The Balaban J connectivity index is 3.01. The molecule has 0 heterocycles. The van der Waals surface area contributed by atoms with Gasteiger partial charge in [-0.25, -0.2) is 0 Å². The predicted octanol–water partition coefficient (Wildman–Crippen LogP) is 3.46. The molecule has 12 heavy (non-hydrogen) atoms. The van der Waals surface area contributed by atoms with Gasteiger partial charge in [-0.2, -0.15) is 0 Å². The largest absolute Gasteiger partial charge is 0.377 e. The first-order valence-corrected chi connectivity index (χ1v) is 4.73. The molecular formula is C10H13BrO. The van der Waals surface area contributed by atoms with Crippen LogP contribution in [0.2, 0.25) is 0 Å². The fraction of sp³-hybridized carbons (Fsp3) is 0.400. The Morgan fingerprint density at radius 1 is 1.42 bits per heavy atom. The van der Waals surface area contributed by atoms with E-state index in [-0.39, 0.29) is 6.10 Å². The van der Waals surface area contributed by atoms with Crippen LogP contribution in [0.25, 0.3) is 0 Å². The van der Waals surface area contributed by atoms with E-state index in [9.17, 15) is 0 Å². The van der Waals surface area contributed by atoms with Gasteiger partial charge < -0.3 is 4.74 Å². The molecule has 0 radical (unpaired) electrons. The third-order valence-corrected chi connectivity index (χ3v) is 2.63. The number of rotatable bonds is 2. The maximum absolute atomic E-state index is 5.23. The van der Waals surface area contributed by atoms with Gasteiger partial charge in [-0.05, 0) is 31.0 Å². The van der Waals surface area contributed by atoms with Crippen molar-refractivity contribution in [2.75, 3.05) is 7.11 Å². The van der Waals surface area contributed by atoms with Crippen LogP contribution < -0.4 is 0 Å². The molecule has 0 fully saturated rings. The predicted molar refractivity (Wildman–Crippen MR) is 54.3 cm³/mol. The molecule has 2 heteroatoms. The van der Waals surface area contributed by atoms with Gasteiger partial charge in [0.05, 0.1) is 6.10 Å². The summed E-state index contributed by atoms with van der Waals surface area (Å²) in [6, 6.07) is 6.29. The quantitative estimate of drug-likeness (QED) is 0.754. The lowest BCUT2D eigenvalue weighted by atomic mass is 10.1. The summed E-state index contributed by atoms with van der Waals surface area (Å²) in [6.45, 7) is 4.11. The fourth-order valence-corrected chi connectivity index (χ4v) is 1.90. The molecule has 0 unspecified atom stereocenters. The molecule has 0 saturated heterocycles. The molecule has 1 aromatic carbocycles. The number of halogens is 1. The van der Waals surface area contributed by atoms with Crippen molar-refractivity contribution in [1.82, 2.24) is 0 Å². The molecule has 0 aliphatic heterocycles. The zero-order chi connectivity index (χ0) is 9.14. The summed E-state index contributed by atoms with van der Waals surface area (Å²) in [4.78, 5) is 0. The van der Waals surface area contributed by atoms with Gasteiger partial charge in [0.2, 0.25) is 0 Å². The van der Waals surface area contributed by atoms with Crippen LogP contribution in [0.5, 0.6) is 0 Å². The smallest absolute Gasteiger partial charge is 0.0803 e. The van der Waals surface area contributed by atoms with E-state index in [0.29, 0.717) is 0 Å². The Bertz CT molecular complexity index is 271. The Hall–Kier alpha value is -0.340. The molecule has 0 spiro atoms. The number of methoxy groups -OCH3 is 1. The lowest BCUT2D eigenvalue weighted by molar-refractivity contribution is 0.119. The van der Waals surface area contributed by atoms with Gasteiger partial charge in [0.1, 0.15) is 0 Å². The summed E-state index contributed by atoms with van der Waals surface area (Å²) >= 11 is 3.51. The monoisotopic (exact) mass is 228 g/mol. The normalized spacial score (nSPS) is 13.0. The fourth-order valence-electron chi connectivity index (χ4n) is 1.09. The maximum atomic E-state index is 5.23. The van der Waals surface area contributed by atoms with E-state index in [2.05, 4.69) is 41.1 Å². The molecule has 66 valence electrons. The number of benzene rings is 1. The van der Waals surface area contributed by atoms with Crippen LogP contribution in [-0.4, -0.2) is 7.11 Å². The van der Waals surface area contributed by atoms with Gasteiger partial charge in [0.15, 0.2) is 0 Å². The number of hydrogen-bond donors (Lipinski definition) is 0. The molecule has 1 rings (SSSR count). The van der Waals surface area contributed by atoms with Gasteiger partial charge in [-0.15, -0.1) is 0 Å². The second-order valence-corrected chi connectivity index (χ2v) is 3.76. The van der Waals surface area contributed by atoms with Crippen molar-refractivity contribution in [3.63, 3.8) is 0 Å². The summed E-state index contributed by atoms with van der Waals surface area (Å²) in [5.74, 6) is 0. The minimum atomic E-state index is 0.153. The molecule has 0 bridgehead atoms. The molecule has 1 atom stereocenters. The summed E-state index contributed by atoms with van der Waals surface area (Å²) < 4.78 is 6.35. The van der Waals surface area contributed by atoms with Gasteiger partial charge in [0, 0.05) is 11.6 Å². The topological polar surface area (TPSA) is 9.23 Å². The van der Waals surface area contributed by atoms with E-state index in [4.69, 9.17) is 4.74 Å². The molecule has 0 N–H and O–H groups in total. The SMILES string of the molecule is CO[C@H](C)c1ccc(C)cc1Br. The third kappa shape index (κ3) is 2.08. The van der Waals surface area contributed by atoms with Crippen LogP contribution in [0.4, 0.5) is 0 Å². The van der Waals surface area contributed by atoms with E-state index in [1.54, 1.807) is 7.11 Å². The van der Waals surface area contributed by atoms with Gasteiger partial charge in [-0.1, -0.05) is 28.1 Å².